The van der Waals surface area contributed by atoms with Crippen molar-refractivity contribution < 1.29 is 27.8 Å². The van der Waals surface area contributed by atoms with Crippen LogP contribution in [0.3, 0.4) is 0 Å². The van der Waals surface area contributed by atoms with Gasteiger partial charge in [0.05, 0.1) is 21.3 Å². The second-order valence-corrected chi connectivity index (χ2v) is 7.04. The van der Waals surface area contributed by atoms with E-state index < -0.39 is 11.7 Å². The van der Waals surface area contributed by atoms with Crippen LogP contribution in [0.1, 0.15) is 10.4 Å². The minimum absolute atomic E-state index is 0.215. The van der Waals surface area contributed by atoms with Crippen molar-refractivity contribution in [3.63, 3.8) is 0 Å². The van der Waals surface area contributed by atoms with Crippen molar-refractivity contribution in [1.29, 1.82) is 0 Å². The number of rotatable bonds is 6. The van der Waals surface area contributed by atoms with Crippen LogP contribution < -0.4 is 25.0 Å². The number of methoxy groups -OCH3 is 3. The predicted molar refractivity (Wildman–Crippen MR) is 122 cm³/mol. The number of fused-ring (bicyclic) bond motifs is 1. The van der Waals surface area contributed by atoms with Gasteiger partial charge in [-0.15, -0.1) is 0 Å². The number of hydrogen-bond acceptors (Lipinski definition) is 6. The molecule has 7 nitrogen and oxygen atoms in total. The molecule has 3 aromatic carbocycles. The second kappa shape index (κ2) is 9.04. The molecule has 1 N–H and O–H groups in total. The van der Waals surface area contributed by atoms with E-state index in [0.29, 0.717) is 28.3 Å². The van der Waals surface area contributed by atoms with E-state index in [-0.39, 0.29) is 27.9 Å². The minimum Gasteiger partial charge on any atom is -0.493 e. The topological polar surface area (TPSA) is 87.0 Å². The Morgan fingerprint density at radius 3 is 2.30 bits per heavy atom. The molecule has 0 fully saturated rings. The maximum absolute atomic E-state index is 13.1. The average Bonchev–Trinajstić information content (AvgIpc) is 2.83. The van der Waals surface area contributed by atoms with Crippen LogP contribution in [0, 0.1) is 5.82 Å². The molecule has 0 spiro atoms. The van der Waals surface area contributed by atoms with Crippen molar-refractivity contribution in [2.24, 2.45) is 0 Å². The molecule has 1 aromatic heterocycles. The average molecular weight is 449 g/mol. The molecule has 33 heavy (non-hydrogen) atoms. The number of hydrogen-bond donors (Lipinski definition) is 1. The van der Waals surface area contributed by atoms with Gasteiger partial charge in [-0.05, 0) is 36.4 Å². The van der Waals surface area contributed by atoms with Crippen LogP contribution in [0.2, 0.25) is 0 Å². The molecule has 0 aliphatic heterocycles. The Morgan fingerprint density at radius 2 is 1.64 bits per heavy atom. The van der Waals surface area contributed by atoms with Gasteiger partial charge in [0.25, 0.3) is 5.91 Å². The SMILES string of the molecule is COc1cc2oc(-c3cccc(NC(=O)c4ccc(F)cc4)c3)cc(=O)c2c(OC)c1OC. The Bertz CT molecular complexity index is 1390. The summed E-state index contributed by atoms with van der Waals surface area (Å²) >= 11 is 0. The van der Waals surface area contributed by atoms with Crippen molar-refractivity contribution in [2.75, 3.05) is 26.6 Å². The summed E-state index contributed by atoms with van der Waals surface area (Å²) in [4.78, 5) is 25.4. The largest absolute Gasteiger partial charge is 0.493 e. The highest BCUT2D eigenvalue weighted by molar-refractivity contribution is 6.04. The summed E-state index contributed by atoms with van der Waals surface area (Å²) in [5, 5.41) is 2.98. The first-order valence-electron chi connectivity index (χ1n) is 9.89. The maximum Gasteiger partial charge on any atom is 0.255 e. The summed E-state index contributed by atoms with van der Waals surface area (Å²) < 4.78 is 35.2. The molecule has 1 amide bonds. The van der Waals surface area contributed by atoms with Crippen LogP contribution >= 0.6 is 0 Å². The first kappa shape index (κ1) is 21.9. The number of carbonyl (C=O) groups excluding carboxylic acids is 1. The molecule has 4 aromatic rings. The van der Waals surface area contributed by atoms with E-state index in [1.165, 1.54) is 51.7 Å². The monoisotopic (exact) mass is 449 g/mol. The van der Waals surface area contributed by atoms with Gasteiger partial charge in [0.1, 0.15) is 22.5 Å². The Morgan fingerprint density at radius 1 is 0.909 bits per heavy atom. The van der Waals surface area contributed by atoms with Crippen molar-refractivity contribution in [3.05, 3.63) is 82.3 Å². The van der Waals surface area contributed by atoms with Gasteiger partial charge >= 0.3 is 0 Å². The Balaban J connectivity index is 1.74. The van der Waals surface area contributed by atoms with E-state index in [4.69, 9.17) is 18.6 Å². The van der Waals surface area contributed by atoms with Gasteiger partial charge in [-0.3, -0.25) is 9.59 Å². The van der Waals surface area contributed by atoms with E-state index in [9.17, 15) is 14.0 Å². The third kappa shape index (κ3) is 4.23. The zero-order valence-electron chi connectivity index (χ0n) is 18.1. The van der Waals surface area contributed by atoms with Gasteiger partial charge < -0.3 is 23.9 Å². The summed E-state index contributed by atoms with van der Waals surface area (Å²) in [5.41, 5.74) is 1.29. The van der Waals surface area contributed by atoms with Crippen LogP contribution in [-0.2, 0) is 0 Å². The van der Waals surface area contributed by atoms with Crippen LogP contribution in [0.4, 0.5) is 10.1 Å². The van der Waals surface area contributed by atoms with Gasteiger partial charge in [-0.2, -0.15) is 0 Å². The summed E-state index contributed by atoms with van der Waals surface area (Å²) in [6, 6.07) is 15.0. The van der Waals surface area contributed by atoms with Gasteiger partial charge in [-0.25, -0.2) is 4.39 Å². The van der Waals surface area contributed by atoms with Crippen LogP contribution in [0.15, 0.2) is 69.9 Å². The first-order chi connectivity index (χ1) is 15.9. The first-order valence-corrected chi connectivity index (χ1v) is 9.89. The minimum atomic E-state index is -0.425. The van der Waals surface area contributed by atoms with E-state index >= 15 is 0 Å². The van der Waals surface area contributed by atoms with Gasteiger partial charge in [0.2, 0.25) is 5.75 Å². The lowest BCUT2D eigenvalue weighted by atomic mass is 10.1. The Hall–Kier alpha value is -4.33. The number of carbonyl (C=O) groups is 1. The Kier molecular flexibility index (Phi) is 5.99. The lowest BCUT2D eigenvalue weighted by molar-refractivity contribution is 0.102. The van der Waals surface area contributed by atoms with Crippen molar-refractivity contribution in [2.45, 2.75) is 0 Å². The quantitative estimate of drug-likeness (QED) is 0.452. The normalized spacial score (nSPS) is 10.7. The molecule has 8 heteroatoms. The highest BCUT2D eigenvalue weighted by atomic mass is 19.1. The highest BCUT2D eigenvalue weighted by Crippen LogP contribution is 2.42. The van der Waals surface area contributed by atoms with Gasteiger partial charge in [0, 0.05) is 28.9 Å². The highest BCUT2D eigenvalue weighted by Gasteiger charge is 2.21. The van der Waals surface area contributed by atoms with E-state index in [1.807, 2.05) is 0 Å². The number of nitrogens with one attached hydrogen (secondary N) is 1. The number of benzene rings is 3. The molecule has 0 unspecified atom stereocenters. The fraction of sp³-hybridized carbons (Fsp3) is 0.120. The number of amides is 1. The fourth-order valence-corrected chi connectivity index (χ4v) is 3.48. The van der Waals surface area contributed by atoms with E-state index in [0.717, 1.165) is 0 Å². The lowest BCUT2D eigenvalue weighted by Gasteiger charge is -2.14. The molecule has 0 atom stereocenters. The van der Waals surface area contributed by atoms with Gasteiger partial charge in [0.15, 0.2) is 16.9 Å². The molecule has 0 saturated heterocycles. The Labute approximate surface area is 188 Å². The third-order valence-corrected chi connectivity index (χ3v) is 5.03. The number of halogens is 1. The molecule has 0 bridgehead atoms. The van der Waals surface area contributed by atoms with Crippen molar-refractivity contribution >= 4 is 22.6 Å². The molecule has 0 radical (unpaired) electrons. The van der Waals surface area contributed by atoms with Crippen LogP contribution in [0.25, 0.3) is 22.3 Å². The molecule has 168 valence electrons. The molecule has 4 rings (SSSR count). The summed E-state index contributed by atoms with van der Waals surface area (Å²) in [6.07, 6.45) is 0. The molecule has 1 heterocycles. The number of anilines is 1. The summed E-state index contributed by atoms with van der Waals surface area (Å²) in [7, 11) is 4.35. The summed E-state index contributed by atoms with van der Waals surface area (Å²) in [6.45, 7) is 0. The van der Waals surface area contributed by atoms with Crippen molar-refractivity contribution in [1.82, 2.24) is 0 Å². The fourth-order valence-electron chi connectivity index (χ4n) is 3.48. The van der Waals surface area contributed by atoms with Crippen LogP contribution in [0.5, 0.6) is 17.2 Å². The molecule has 0 aliphatic rings. The predicted octanol–water partition coefficient (Wildman–Crippen LogP) is 4.88. The molecular formula is C25H20FNO6. The zero-order chi connectivity index (χ0) is 23.5. The zero-order valence-corrected chi connectivity index (χ0v) is 18.1. The van der Waals surface area contributed by atoms with Gasteiger partial charge in [-0.1, -0.05) is 12.1 Å². The third-order valence-electron chi connectivity index (χ3n) is 5.03. The summed E-state index contributed by atoms with van der Waals surface area (Å²) in [5.74, 6) is 0.326. The van der Waals surface area contributed by atoms with E-state index in [2.05, 4.69) is 5.32 Å². The number of ether oxygens (including phenoxy) is 3. The smallest absolute Gasteiger partial charge is 0.255 e. The molecule has 0 saturated carbocycles. The standard InChI is InChI=1S/C25H20FNO6/c1-30-21-13-20-22(24(32-3)23(21)31-2)18(28)12-19(33-20)15-5-4-6-17(11-15)27-25(29)14-7-9-16(26)10-8-14/h4-13H,1-3H3,(H,27,29). The van der Waals surface area contributed by atoms with Crippen molar-refractivity contribution in [3.8, 4) is 28.6 Å². The second-order valence-electron chi connectivity index (χ2n) is 7.04. The molecule has 0 aliphatic carbocycles. The lowest BCUT2D eigenvalue weighted by Crippen LogP contribution is -2.11. The molecular weight excluding hydrogens is 429 g/mol. The maximum atomic E-state index is 13.1. The van der Waals surface area contributed by atoms with Crippen LogP contribution in [-0.4, -0.2) is 27.2 Å². The van der Waals surface area contributed by atoms with E-state index in [1.54, 1.807) is 30.3 Å².